The van der Waals surface area contributed by atoms with E-state index in [9.17, 15) is 9.90 Å². The average Bonchev–Trinajstić information content (AvgIpc) is 3.10. The second-order valence-electron chi connectivity index (χ2n) is 6.86. The summed E-state index contributed by atoms with van der Waals surface area (Å²) in [7, 11) is 0. The first-order valence-electron chi connectivity index (χ1n) is 9.02. The smallest absolute Gasteiger partial charge is 0.261 e. The molecule has 140 valence electrons. The highest BCUT2D eigenvalue weighted by molar-refractivity contribution is 5.81. The lowest BCUT2D eigenvalue weighted by Crippen LogP contribution is -2.53. The van der Waals surface area contributed by atoms with Gasteiger partial charge in [0, 0.05) is 31.9 Å². The van der Waals surface area contributed by atoms with Gasteiger partial charge in [0.25, 0.3) is 5.56 Å². The van der Waals surface area contributed by atoms with E-state index >= 15 is 0 Å². The van der Waals surface area contributed by atoms with Crippen LogP contribution in [0.1, 0.15) is 0 Å². The summed E-state index contributed by atoms with van der Waals surface area (Å²) >= 11 is 0. The molecule has 0 spiro atoms. The molecule has 26 heavy (non-hydrogen) atoms. The Labute approximate surface area is 151 Å². The second-order valence-corrected chi connectivity index (χ2v) is 6.86. The highest BCUT2D eigenvalue weighted by atomic mass is 16.5. The third kappa shape index (κ3) is 3.21. The number of piperazine rings is 1. The van der Waals surface area contributed by atoms with Crippen LogP contribution in [-0.2, 0) is 11.3 Å². The number of anilines is 1. The maximum atomic E-state index is 12.4. The minimum Gasteiger partial charge on any atom is -0.395 e. The molecule has 1 aromatic heterocycles. The van der Waals surface area contributed by atoms with Crippen LogP contribution in [0.5, 0.6) is 0 Å². The Balaban J connectivity index is 1.49. The fourth-order valence-corrected chi connectivity index (χ4v) is 3.80. The summed E-state index contributed by atoms with van der Waals surface area (Å²) in [4.78, 5) is 21.3. The van der Waals surface area contributed by atoms with Gasteiger partial charge in [-0.05, 0) is 18.2 Å². The van der Waals surface area contributed by atoms with Crippen LogP contribution in [0.3, 0.4) is 0 Å². The van der Waals surface area contributed by atoms with Gasteiger partial charge in [0.15, 0.2) is 0 Å². The van der Waals surface area contributed by atoms with Crippen molar-refractivity contribution >= 4 is 16.6 Å². The minimum atomic E-state index is -0.396. The van der Waals surface area contributed by atoms with E-state index in [-0.39, 0.29) is 24.8 Å². The highest BCUT2D eigenvalue weighted by Gasteiger charge is 2.33. The number of fused-ring (bicyclic) bond motifs is 1. The van der Waals surface area contributed by atoms with E-state index in [0.717, 1.165) is 31.9 Å². The van der Waals surface area contributed by atoms with E-state index in [2.05, 4.69) is 14.8 Å². The SMILES string of the molecule is O=c1c2ccc(N3CCN(C4COCC4O)CC3)cc2ncn1CCO. The Morgan fingerprint density at radius 3 is 2.69 bits per heavy atom. The van der Waals surface area contributed by atoms with Gasteiger partial charge in [-0.1, -0.05) is 0 Å². The standard InChI is InChI=1S/C18H24N4O4/c23-8-7-22-12-19-15-9-13(1-2-14(15)18(22)25)20-3-5-21(6-4-20)16-10-26-11-17(16)24/h1-2,9,12,16-17,23-24H,3-8,10-11H2. The summed E-state index contributed by atoms with van der Waals surface area (Å²) in [6, 6.07) is 5.82. The van der Waals surface area contributed by atoms with Crippen molar-refractivity contribution in [2.75, 3.05) is 50.9 Å². The van der Waals surface area contributed by atoms with Crippen molar-refractivity contribution in [3.05, 3.63) is 34.9 Å². The first kappa shape index (κ1) is 17.4. The van der Waals surface area contributed by atoms with E-state index < -0.39 is 6.10 Å². The van der Waals surface area contributed by atoms with Crippen molar-refractivity contribution in [3.8, 4) is 0 Å². The lowest BCUT2D eigenvalue weighted by molar-refractivity contribution is 0.0785. The zero-order chi connectivity index (χ0) is 18.1. The van der Waals surface area contributed by atoms with Crippen LogP contribution >= 0.6 is 0 Å². The number of rotatable bonds is 4. The molecule has 2 atom stereocenters. The Kier molecular flexibility index (Phi) is 4.90. The van der Waals surface area contributed by atoms with Crippen LogP contribution in [0.4, 0.5) is 5.69 Å². The largest absolute Gasteiger partial charge is 0.395 e. The van der Waals surface area contributed by atoms with Gasteiger partial charge in [-0.3, -0.25) is 14.3 Å². The van der Waals surface area contributed by atoms with Gasteiger partial charge in [0.2, 0.25) is 0 Å². The molecule has 3 heterocycles. The lowest BCUT2D eigenvalue weighted by Gasteiger charge is -2.39. The molecule has 2 aromatic rings. The van der Waals surface area contributed by atoms with Crippen molar-refractivity contribution < 1.29 is 14.9 Å². The van der Waals surface area contributed by atoms with Gasteiger partial charge in [-0.2, -0.15) is 0 Å². The van der Waals surface area contributed by atoms with Crippen molar-refractivity contribution in [1.82, 2.24) is 14.5 Å². The van der Waals surface area contributed by atoms with Gasteiger partial charge in [-0.25, -0.2) is 4.98 Å². The average molecular weight is 360 g/mol. The number of aromatic nitrogens is 2. The predicted molar refractivity (Wildman–Crippen MR) is 97.5 cm³/mol. The molecule has 2 N–H and O–H groups in total. The normalized spacial score (nSPS) is 24.5. The van der Waals surface area contributed by atoms with Crippen LogP contribution in [0, 0.1) is 0 Å². The van der Waals surface area contributed by atoms with Crippen LogP contribution in [0.15, 0.2) is 29.3 Å². The Hall–Kier alpha value is -2.00. The summed E-state index contributed by atoms with van der Waals surface area (Å²) in [6.07, 6.45) is 1.09. The van der Waals surface area contributed by atoms with Gasteiger partial charge in [0.1, 0.15) is 0 Å². The molecule has 2 aliphatic heterocycles. The van der Waals surface area contributed by atoms with Gasteiger partial charge in [-0.15, -0.1) is 0 Å². The molecule has 2 unspecified atom stereocenters. The molecule has 0 saturated carbocycles. The predicted octanol–water partition coefficient (Wildman–Crippen LogP) is -0.729. The third-order valence-corrected chi connectivity index (χ3v) is 5.32. The molecule has 0 amide bonds. The highest BCUT2D eigenvalue weighted by Crippen LogP contribution is 2.22. The monoisotopic (exact) mass is 360 g/mol. The first-order chi connectivity index (χ1) is 12.7. The van der Waals surface area contributed by atoms with Crippen LogP contribution < -0.4 is 10.5 Å². The molecule has 2 aliphatic rings. The van der Waals surface area contributed by atoms with E-state index in [4.69, 9.17) is 9.84 Å². The van der Waals surface area contributed by atoms with Crippen molar-refractivity contribution in [2.24, 2.45) is 0 Å². The van der Waals surface area contributed by atoms with Gasteiger partial charge >= 0.3 is 0 Å². The van der Waals surface area contributed by atoms with E-state index in [1.165, 1.54) is 10.9 Å². The van der Waals surface area contributed by atoms with Crippen molar-refractivity contribution in [3.63, 3.8) is 0 Å². The molecule has 8 heteroatoms. The van der Waals surface area contributed by atoms with Crippen LogP contribution in [-0.4, -0.2) is 82.8 Å². The molecule has 1 aromatic carbocycles. The van der Waals surface area contributed by atoms with Crippen LogP contribution in [0.2, 0.25) is 0 Å². The molecule has 2 fully saturated rings. The number of nitrogens with zero attached hydrogens (tertiary/aromatic N) is 4. The fraction of sp³-hybridized carbons (Fsp3) is 0.556. The maximum Gasteiger partial charge on any atom is 0.261 e. The quantitative estimate of drug-likeness (QED) is 0.743. The fourth-order valence-electron chi connectivity index (χ4n) is 3.80. The zero-order valence-electron chi connectivity index (χ0n) is 14.6. The first-order valence-corrected chi connectivity index (χ1v) is 9.02. The van der Waals surface area contributed by atoms with Crippen molar-refractivity contribution in [2.45, 2.75) is 18.7 Å². The maximum absolute atomic E-state index is 12.4. The Bertz CT molecular complexity index is 832. The van der Waals surface area contributed by atoms with Crippen molar-refractivity contribution in [1.29, 1.82) is 0 Å². The molecule has 0 aliphatic carbocycles. The molecule has 0 bridgehead atoms. The molecule has 2 saturated heterocycles. The zero-order valence-corrected chi connectivity index (χ0v) is 14.6. The molecular weight excluding hydrogens is 336 g/mol. The number of aliphatic hydroxyl groups is 2. The summed E-state index contributed by atoms with van der Waals surface area (Å²) in [5, 5.41) is 19.6. The number of hydrogen-bond acceptors (Lipinski definition) is 7. The second kappa shape index (κ2) is 7.32. The number of benzene rings is 1. The Morgan fingerprint density at radius 1 is 1.19 bits per heavy atom. The number of hydrogen-bond donors (Lipinski definition) is 2. The topological polar surface area (TPSA) is 91.1 Å². The molecule has 0 radical (unpaired) electrons. The molecular formula is C18H24N4O4. The van der Waals surface area contributed by atoms with E-state index in [0.29, 0.717) is 24.1 Å². The van der Waals surface area contributed by atoms with Gasteiger partial charge in [0.05, 0.1) is 55.7 Å². The van der Waals surface area contributed by atoms with Gasteiger partial charge < -0.3 is 19.8 Å². The third-order valence-electron chi connectivity index (χ3n) is 5.32. The van der Waals surface area contributed by atoms with E-state index in [1.807, 2.05) is 18.2 Å². The van der Waals surface area contributed by atoms with E-state index in [1.54, 1.807) is 0 Å². The lowest BCUT2D eigenvalue weighted by atomic mass is 10.1. The summed E-state index contributed by atoms with van der Waals surface area (Å²) in [5.41, 5.74) is 1.59. The minimum absolute atomic E-state index is 0.0871. The Morgan fingerprint density at radius 2 is 2.00 bits per heavy atom. The summed E-state index contributed by atoms with van der Waals surface area (Å²) in [5.74, 6) is 0. The summed E-state index contributed by atoms with van der Waals surface area (Å²) < 4.78 is 6.79. The number of aliphatic hydroxyl groups excluding tert-OH is 2. The number of ether oxygens (including phenoxy) is 1. The van der Waals surface area contributed by atoms with Crippen LogP contribution in [0.25, 0.3) is 10.9 Å². The summed E-state index contributed by atoms with van der Waals surface area (Å²) in [6.45, 7) is 4.64. The molecule has 4 rings (SSSR count). The molecule has 8 nitrogen and oxygen atoms in total.